The number of rotatable bonds is 3. The fourth-order valence-electron chi connectivity index (χ4n) is 3.27. The van der Waals surface area contributed by atoms with Gasteiger partial charge in [-0.2, -0.15) is 0 Å². The first-order chi connectivity index (χ1) is 12.9. The summed E-state index contributed by atoms with van der Waals surface area (Å²) in [5, 5.41) is 0.494. The number of hydrogen-bond acceptors (Lipinski definition) is 1. The van der Waals surface area contributed by atoms with Crippen molar-refractivity contribution in [3.63, 3.8) is 0 Å². The van der Waals surface area contributed by atoms with Crippen LogP contribution in [-0.2, 0) is 4.79 Å². The molecular formula is C22H18Cl2F2O. The van der Waals surface area contributed by atoms with Gasteiger partial charge >= 0.3 is 0 Å². The molecule has 1 saturated carbocycles. The van der Waals surface area contributed by atoms with Crippen molar-refractivity contribution in [3.8, 4) is 0 Å². The van der Waals surface area contributed by atoms with Crippen molar-refractivity contribution >= 4 is 41.1 Å². The summed E-state index contributed by atoms with van der Waals surface area (Å²) in [6.07, 6.45) is 4.93. The highest BCUT2D eigenvalue weighted by molar-refractivity contribution is 6.33. The Labute approximate surface area is 167 Å². The van der Waals surface area contributed by atoms with E-state index in [1.165, 1.54) is 36.4 Å². The zero-order valence-corrected chi connectivity index (χ0v) is 16.2. The van der Waals surface area contributed by atoms with Gasteiger partial charge in [-0.25, -0.2) is 8.78 Å². The lowest BCUT2D eigenvalue weighted by atomic mass is 9.78. The standard InChI is InChI=1S/C22H18Cl2F2O/c1-2-13-9-14(11-16-18(23)5-3-7-20(16)25)22(27)15(10-13)12-17-19(24)6-4-8-21(17)26/h3-8,11-13H,2,9-10H2,1H3/b14-11+,15-12+. The first-order valence-corrected chi connectivity index (χ1v) is 9.50. The van der Waals surface area contributed by atoms with Gasteiger partial charge in [0.05, 0.1) is 10.0 Å². The van der Waals surface area contributed by atoms with Crippen LogP contribution in [0, 0.1) is 17.6 Å². The number of benzene rings is 2. The molecule has 0 spiro atoms. The lowest BCUT2D eigenvalue weighted by Gasteiger charge is -2.25. The minimum Gasteiger partial charge on any atom is -0.289 e. The Kier molecular flexibility index (Phi) is 6.13. The van der Waals surface area contributed by atoms with Gasteiger partial charge in [-0.1, -0.05) is 48.7 Å². The molecule has 5 heteroatoms. The number of carbonyl (C=O) groups excluding carboxylic acids is 1. The predicted molar refractivity (Wildman–Crippen MR) is 107 cm³/mol. The third-order valence-corrected chi connectivity index (χ3v) is 5.47. The molecule has 0 heterocycles. The fraction of sp³-hybridized carbons (Fsp3) is 0.227. The zero-order chi connectivity index (χ0) is 19.6. The van der Waals surface area contributed by atoms with Crippen LogP contribution in [0.5, 0.6) is 0 Å². The highest BCUT2D eigenvalue weighted by Crippen LogP contribution is 2.36. The topological polar surface area (TPSA) is 17.1 Å². The number of carbonyl (C=O) groups is 1. The number of halogens is 4. The van der Waals surface area contributed by atoms with Crippen molar-refractivity contribution < 1.29 is 13.6 Å². The van der Waals surface area contributed by atoms with E-state index >= 15 is 0 Å². The third-order valence-electron chi connectivity index (χ3n) is 4.81. The van der Waals surface area contributed by atoms with Crippen molar-refractivity contribution in [2.45, 2.75) is 26.2 Å². The molecule has 0 saturated heterocycles. The second kappa shape index (κ2) is 8.37. The molecule has 27 heavy (non-hydrogen) atoms. The van der Waals surface area contributed by atoms with E-state index in [1.54, 1.807) is 12.1 Å². The maximum absolute atomic E-state index is 14.1. The molecular weight excluding hydrogens is 389 g/mol. The van der Waals surface area contributed by atoms with Crippen LogP contribution in [0.25, 0.3) is 12.2 Å². The van der Waals surface area contributed by atoms with E-state index in [0.717, 1.165) is 6.42 Å². The Morgan fingerprint density at radius 2 is 1.37 bits per heavy atom. The molecule has 1 fully saturated rings. The van der Waals surface area contributed by atoms with Crippen molar-refractivity contribution in [3.05, 3.63) is 80.4 Å². The second-order valence-corrected chi connectivity index (χ2v) is 7.44. The molecule has 0 atom stereocenters. The monoisotopic (exact) mass is 406 g/mol. The molecule has 3 rings (SSSR count). The van der Waals surface area contributed by atoms with E-state index in [1.807, 2.05) is 6.92 Å². The molecule has 0 aromatic heterocycles. The van der Waals surface area contributed by atoms with Crippen LogP contribution in [-0.4, -0.2) is 5.78 Å². The van der Waals surface area contributed by atoms with Crippen LogP contribution < -0.4 is 0 Å². The van der Waals surface area contributed by atoms with Crippen LogP contribution in [0.15, 0.2) is 47.5 Å². The van der Waals surface area contributed by atoms with E-state index in [0.29, 0.717) is 24.0 Å². The largest absolute Gasteiger partial charge is 0.289 e. The number of allylic oxidation sites excluding steroid dienone is 2. The minimum absolute atomic E-state index is 0.197. The van der Waals surface area contributed by atoms with Gasteiger partial charge in [-0.15, -0.1) is 0 Å². The van der Waals surface area contributed by atoms with E-state index in [4.69, 9.17) is 23.2 Å². The Bertz CT molecular complexity index is 833. The van der Waals surface area contributed by atoms with E-state index in [9.17, 15) is 13.6 Å². The Hall–Kier alpha value is -1.97. The molecule has 0 amide bonds. The van der Waals surface area contributed by atoms with Gasteiger partial charge in [0.2, 0.25) is 0 Å². The van der Waals surface area contributed by atoms with Crippen LogP contribution in [0.1, 0.15) is 37.3 Å². The molecule has 2 aromatic carbocycles. The first-order valence-electron chi connectivity index (χ1n) is 8.74. The molecule has 1 aliphatic carbocycles. The van der Waals surface area contributed by atoms with Gasteiger partial charge in [-0.3, -0.25) is 4.79 Å². The summed E-state index contributed by atoms with van der Waals surface area (Å²) in [6.45, 7) is 2.03. The van der Waals surface area contributed by atoms with Crippen LogP contribution in [0.4, 0.5) is 8.78 Å². The minimum atomic E-state index is -0.482. The molecule has 2 aromatic rings. The molecule has 140 valence electrons. The van der Waals surface area contributed by atoms with Crippen LogP contribution in [0.2, 0.25) is 10.0 Å². The van der Waals surface area contributed by atoms with Crippen LogP contribution >= 0.6 is 23.2 Å². The van der Waals surface area contributed by atoms with Gasteiger partial charge in [-0.05, 0) is 55.2 Å². The smallest absolute Gasteiger partial charge is 0.185 e. The predicted octanol–water partition coefficient (Wildman–Crippen LogP) is 7.13. The van der Waals surface area contributed by atoms with E-state index in [-0.39, 0.29) is 32.9 Å². The van der Waals surface area contributed by atoms with Gasteiger partial charge in [0, 0.05) is 22.3 Å². The normalized spacial score (nSPS) is 20.5. The third kappa shape index (κ3) is 4.31. The molecule has 0 N–H and O–H groups in total. The second-order valence-electron chi connectivity index (χ2n) is 6.62. The summed E-state index contributed by atoms with van der Waals surface area (Å²) in [5.41, 5.74) is 1.34. The summed E-state index contributed by atoms with van der Waals surface area (Å²) in [6, 6.07) is 8.80. The van der Waals surface area contributed by atoms with Gasteiger partial charge in [0.15, 0.2) is 5.78 Å². The quantitative estimate of drug-likeness (QED) is 0.495. The summed E-state index contributed by atoms with van der Waals surface area (Å²) in [5.74, 6) is -0.983. The van der Waals surface area contributed by atoms with Crippen LogP contribution in [0.3, 0.4) is 0 Å². The summed E-state index contributed by atoms with van der Waals surface area (Å²) < 4.78 is 28.3. The van der Waals surface area contributed by atoms with Gasteiger partial charge < -0.3 is 0 Å². The lowest BCUT2D eigenvalue weighted by Crippen LogP contribution is -2.19. The summed E-state index contributed by atoms with van der Waals surface area (Å²) >= 11 is 12.2. The van der Waals surface area contributed by atoms with Gasteiger partial charge in [0.1, 0.15) is 11.6 Å². The van der Waals surface area contributed by atoms with E-state index in [2.05, 4.69) is 0 Å². The van der Waals surface area contributed by atoms with Crippen molar-refractivity contribution in [2.24, 2.45) is 5.92 Å². The SMILES string of the molecule is CCC1C/C(=C\c2c(F)cccc2Cl)C(=O)/C(=C/c2c(F)cccc2Cl)C1. The average molecular weight is 407 g/mol. The van der Waals surface area contributed by atoms with Gasteiger partial charge in [0.25, 0.3) is 0 Å². The summed E-state index contributed by atoms with van der Waals surface area (Å²) in [7, 11) is 0. The highest BCUT2D eigenvalue weighted by Gasteiger charge is 2.28. The molecule has 0 bridgehead atoms. The highest BCUT2D eigenvalue weighted by atomic mass is 35.5. The fourth-order valence-corrected chi connectivity index (χ4v) is 3.70. The van der Waals surface area contributed by atoms with Crippen molar-refractivity contribution in [1.29, 1.82) is 0 Å². The molecule has 1 nitrogen and oxygen atoms in total. The first kappa shape index (κ1) is 19.8. The Morgan fingerprint density at radius 1 is 0.926 bits per heavy atom. The molecule has 1 aliphatic rings. The number of hydrogen-bond donors (Lipinski definition) is 0. The summed E-state index contributed by atoms with van der Waals surface area (Å²) in [4.78, 5) is 13.0. The number of ketones is 1. The Morgan fingerprint density at radius 3 is 1.74 bits per heavy atom. The average Bonchev–Trinajstić information content (AvgIpc) is 2.63. The maximum Gasteiger partial charge on any atom is 0.185 e. The molecule has 0 unspecified atom stereocenters. The van der Waals surface area contributed by atoms with Crippen molar-refractivity contribution in [1.82, 2.24) is 0 Å². The Balaban J connectivity index is 2.06. The number of Topliss-reactive ketones (excluding diaryl/α,β-unsaturated/α-hetero) is 1. The molecule has 0 aliphatic heterocycles. The zero-order valence-electron chi connectivity index (χ0n) is 14.7. The maximum atomic E-state index is 14.1. The van der Waals surface area contributed by atoms with E-state index < -0.39 is 11.6 Å². The molecule has 0 radical (unpaired) electrons. The lowest BCUT2D eigenvalue weighted by molar-refractivity contribution is -0.113. The van der Waals surface area contributed by atoms with Crippen molar-refractivity contribution in [2.75, 3.05) is 0 Å².